The second-order valence-electron chi connectivity index (χ2n) is 5.74. The van der Waals surface area contributed by atoms with Crippen molar-refractivity contribution in [3.8, 4) is 0 Å². The molecule has 0 aromatic carbocycles. The predicted octanol–water partition coefficient (Wildman–Crippen LogP) is -0.809. The first-order chi connectivity index (χ1) is 12.0. The highest BCUT2D eigenvalue weighted by Crippen LogP contribution is 2.33. The Morgan fingerprint density at radius 2 is 1.62 bits per heavy atom. The molecule has 5 atom stereocenters. The maximum Gasteiger partial charge on any atom is 0.303 e. The lowest BCUT2D eigenvalue weighted by Gasteiger charge is -2.48. The van der Waals surface area contributed by atoms with Crippen molar-refractivity contribution in [2.75, 3.05) is 6.61 Å². The number of hydrogen-bond donors (Lipinski definition) is 2. The van der Waals surface area contributed by atoms with Gasteiger partial charge in [-0.05, 0) is 6.08 Å². The maximum atomic E-state index is 11.5. The molecular weight excluding hydrogens is 350 g/mol. The Kier molecular flexibility index (Phi) is 7.28. The van der Waals surface area contributed by atoms with Crippen LogP contribution in [0.3, 0.4) is 0 Å². The van der Waals surface area contributed by atoms with Crippen molar-refractivity contribution in [3.63, 3.8) is 0 Å². The van der Waals surface area contributed by atoms with E-state index in [1.807, 2.05) is 0 Å². The van der Waals surface area contributed by atoms with Crippen molar-refractivity contribution in [2.24, 2.45) is 0 Å². The van der Waals surface area contributed by atoms with Crippen LogP contribution in [0.4, 0.5) is 0 Å². The molecule has 1 rings (SSSR count). The van der Waals surface area contributed by atoms with E-state index in [-0.39, 0.29) is 0 Å². The van der Waals surface area contributed by atoms with Gasteiger partial charge in [0.2, 0.25) is 11.7 Å². The van der Waals surface area contributed by atoms with E-state index >= 15 is 0 Å². The molecule has 0 unspecified atom stereocenters. The van der Waals surface area contributed by atoms with E-state index in [2.05, 4.69) is 11.9 Å². The van der Waals surface area contributed by atoms with Crippen LogP contribution in [0.5, 0.6) is 0 Å². The summed E-state index contributed by atoms with van der Waals surface area (Å²) in [5.74, 6) is -4.84. The zero-order chi connectivity index (χ0) is 20.1. The highest BCUT2D eigenvalue weighted by Gasteiger charge is 2.56. The van der Waals surface area contributed by atoms with Crippen molar-refractivity contribution >= 4 is 23.8 Å². The molecule has 0 radical (unpaired) electrons. The van der Waals surface area contributed by atoms with Gasteiger partial charge in [0.05, 0.1) is 0 Å². The minimum Gasteiger partial charge on any atom is -0.463 e. The number of esters is 3. The largest absolute Gasteiger partial charge is 0.463 e. The molecule has 10 heteroatoms. The van der Waals surface area contributed by atoms with Gasteiger partial charge in [-0.1, -0.05) is 6.58 Å². The molecule has 1 aliphatic heterocycles. The Hall–Kier alpha value is -2.46. The van der Waals surface area contributed by atoms with Gasteiger partial charge in [0.25, 0.3) is 0 Å². The number of ether oxygens (including phenoxy) is 4. The molecule has 0 aromatic heterocycles. The van der Waals surface area contributed by atoms with Gasteiger partial charge in [-0.15, -0.1) is 0 Å². The average Bonchev–Trinajstić information content (AvgIpc) is 2.50. The Bertz CT molecular complexity index is 590. The summed E-state index contributed by atoms with van der Waals surface area (Å²) < 4.78 is 20.7. The molecule has 0 saturated carbocycles. The third-order valence-corrected chi connectivity index (χ3v) is 3.51. The number of carbonyl (C=O) groups excluding carboxylic acids is 4. The molecule has 0 bridgehead atoms. The van der Waals surface area contributed by atoms with E-state index in [0.29, 0.717) is 0 Å². The Morgan fingerprint density at radius 1 is 1.08 bits per heavy atom. The number of carbonyl (C=O) groups is 4. The summed E-state index contributed by atoms with van der Waals surface area (Å²) in [5.41, 5.74) is 0. The lowest BCUT2D eigenvalue weighted by atomic mass is 9.89. The van der Waals surface area contributed by atoms with E-state index < -0.39 is 60.6 Å². The maximum absolute atomic E-state index is 11.5. The summed E-state index contributed by atoms with van der Waals surface area (Å²) in [4.78, 5) is 45.7. The zero-order valence-electron chi connectivity index (χ0n) is 15.0. The van der Waals surface area contributed by atoms with Crippen LogP contribution in [0.2, 0.25) is 0 Å². The van der Waals surface area contributed by atoms with Gasteiger partial charge >= 0.3 is 17.9 Å². The fourth-order valence-electron chi connectivity index (χ4n) is 2.59. The number of nitrogens with one attached hydrogen (secondary N) is 1. The normalized spacial score (nSPS) is 30.7. The standard InChI is InChI=1S/C16H23NO9/c1-6-16(22)15(17-8(2)18)14(25-11(5)21)13(24-10(4)20)12(26-16)7-23-9(3)19/h6,12-15,22H,1,7H2,2-5H3,(H,17,18)/t12-,13+,14+,15-,16+/m1/s1. The zero-order valence-corrected chi connectivity index (χ0v) is 15.0. The number of rotatable bonds is 6. The quantitative estimate of drug-likeness (QED) is 0.348. The van der Waals surface area contributed by atoms with Gasteiger partial charge in [0, 0.05) is 27.7 Å². The first-order valence-corrected chi connectivity index (χ1v) is 7.78. The lowest BCUT2D eigenvalue weighted by molar-refractivity contribution is -0.300. The fraction of sp³-hybridized carbons (Fsp3) is 0.625. The van der Waals surface area contributed by atoms with E-state index in [1.165, 1.54) is 6.92 Å². The van der Waals surface area contributed by atoms with Crippen LogP contribution >= 0.6 is 0 Å². The second-order valence-corrected chi connectivity index (χ2v) is 5.74. The number of amides is 1. The van der Waals surface area contributed by atoms with Gasteiger partial charge < -0.3 is 29.4 Å². The third kappa shape index (κ3) is 5.53. The summed E-state index contributed by atoms with van der Waals surface area (Å²) in [5, 5.41) is 13.1. The van der Waals surface area contributed by atoms with E-state index in [1.54, 1.807) is 0 Å². The summed E-state index contributed by atoms with van der Waals surface area (Å²) in [6.45, 7) is 7.64. The molecule has 10 nitrogen and oxygen atoms in total. The average molecular weight is 373 g/mol. The second kappa shape index (κ2) is 8.77. The van der Waals surface area contributed by atoms with Gasteiger partial charge in [-0.3, -0.25) is 19.2 Å². The van der Waals surface area contributed by atoms with Crippen LogP contribution in [-0.4, -0.2) is 65.7 Å². The third-order valence-electron chi connectivity index (χ3n) is 3.51. The first kappa shape index (κ1) is 21.6. The summed E-state index contributed by atoms with van der Waals surface area (Å²) in [6.07, 6.45) is -2.76. The molecule has 1 fully saturated rings. The highest BCUT2D eigenvalue weighted by molar-refractivity contribution is 5.74. The van der Waals surface area contributed by atoms with Crippen LogP contribution in [-0.2, 0) is 38.1 Å². The van der Waals surface area contributed by atoms with E-state index in [9.17, 15) is 24.3 Å². The van der Waals surface area contributed by atoms with Crippen molar-refractivity contribution in [1.29, 1.82) is 0 Å². The van der Waals surface area contributed by atoms with Gasteiger partial charge in [0.1, 0.15) is 18.8 Å². The summed E-state index contributed by atoms with van der Waals surface area (Å²) in [6, 6.07) is -1.32. The van der Waals surface area contributed by atoms with Crippen molar-refractivity contribution in [1.82, 2.24) is 5.32 Å². The van der Waals surface area contributed by atoms with E-state index in [4.69, 9.17) is 18.9 Å². The minimum absolute atomic E-state index is 0.395. The van der Waals surface area contributed by atoms with Crippen molar-refractivity contribution in [2.45, 2.75) is 57.8 Å². The Morgan fingerprint density at radius 3 is 2.04 bits per heavy atom. The molecular formula is C16H23NO9. The monoisotopic (exact) mass is 373 g/mol. The van der Waals surface area contributed by atoms with Gasteiger partial charge in [0.15, 0.2) is 12.2 Å². The van der Waals surface area contributed by atoms with Crippen LogP contribution in [0.1, 0.15) is 27.7 Å². The molecule has 2 N–H and O–H groups in total. The number of hydrogen-bond acceptors (Lipinski definition) is 9. The lowest BCUT2D eigenvalue weighted by Crippen LogP contribution is -2.71. The molecule has 1 amide bonds. The molecule has 0 aromatic rings. The summed E-state index contributed by atoms with van der Waals surface area (Å²) >= 11 is 0. The fourth-order valence-corrected chi connectivity index (χ4v) is 2.59. The minimum atomic E-state index is -2.17. The van der Waals surface area contributed by atoms with Crippen molar-refractivity contribution < 1.29 is 43.2 Å². The smallest absolute Gasteiger partial charge is 0.303 e. The highest BCUT2D eigenvalue weighted by atomic mass is 16.7. The topological polar surface area (TPSA) is 137 Å². The molecule has 0 aliphatic carbocycles. The van der Waals surface area contributed by atoms with Crippen LogP contribution in [0.25, 0.3) is 0 Å². The molecule has 26 heavy (non-hydrogen) atoms. The van der Waals surface area contributed by atoms with Crippen LogP contribution in [0.15, 0.2) is 12.7 Å². The number of aliphatic hydroxyl groups is 1. The first-order valence-electron chi connectivity index (χ1n) is 7.78. The summed E-state index contributed by atoms with van der Waals surface area (Å²) in [7, 11) is 0. The SMILES string of the molecule is C=C[C@]1(O)O[C@H](COC(C)=O)[C@H](OC(C)=O)[C@H](OC(C)=O)[C@H]1NC(C)=O. The van der Waals surface area contributed by atoms with E-state index in [0.717, 1.165) is 26.8 Å². The van der Waals surface area contributed by atoms with Crippen LogP contribution < -0.4 is 5.32 Å². The van der Waals surface area contributed by atoms with Crippen LogP contribution in [0, 0.1) is 0 Å². The Balaban J connectivity index is 3.34. The van der Waals surface area contributed by atoms with Crippen molar-refractivity contribution in [3.05, 3.63) is 12.7 Å². The molecule has 146 valence electrons. The predicted molar refractivity (Wildman–Crippen MR) is 85.4 cm³/mol. The molecule has 1 aliphatic rings. The Labute approximate surface area is 150 Å². The van der Waals surface area contributed by atoms with Gasteiger partial charge in [-0.2, -0.15) is 0 Å². The van der Waals surface area contributed by atoms with Gasteiger partial charge in [-0.25, -0.2) is 0 Å². The molecule has 1 heterocycles. The molecule has 0 spiro atoms. The molecule has 1 saturated heterocycles.